The lowest BCUT2D eigenvalue weighted by atomic mass is 9.65. The van der Waals surface area contributed by atoms with Crippen LogP contribution in [0, 0.1) is 5.41 Å². The smallest absolute Gasteiger partial charge is 0.106 e. The van der Waals surface area contributed by atoms with Crippen LogP contribution in [0.2, 0.25) is 0 Å². The van der Waals surface area contributed by atoms with Crippen molar-refractivity contribution in [3.63, 3.8) is 0 Å². The van der Waals surface area contributed by atoms with E-state index in [1.807, 2.05) is 6.07 Å². The van der Waals surface area contributed by atoms with Crippen LogP contribution < -0.4 is 5.32 Å². The first-order chi connectivity index (χ1) is 9.00. The molecule has 1 aromatic carbocycles. The maximum absolute atomic E-state index is 11.3. The number of hydrogen-bond donors (Lipinski definition) is 3. The van der Waals surface area contributed by atoms with Crippen LogP contribution in [0.5, 0.6) is 0 Å². The molecule has 100 valence electrons. The van der Waals surface area contributed by atoms with E-state index in [1.165, 1.54) is 10.9 Å². The fourth-order valence-corrected chi connectivity index (χ4v) is 4.00. The number of piperidine rings is 1. The second-order valence-corrected chi connectivity index (χ2v) is 6.94. The molecule has 0 amide bonds. The van der Waals surface area contributed by atoms with Crippen molar-refractivity contribution in [1.29, 1.82) is 0 Å². The third-order valence-corrected chi connectivity index (χ3v) is 4.83. The summed E-state index contributed by atoms with van der Waals surface area (Å²) in [6.07, 6.45) is 3.82. The van der Waals surface area contributed by atoms with Crippen LogP contribution >= 0.6 is 0 Å². The second-order valence-electron chi connectivity index (χ2n) is 6.94. The van der Waals surface area contributed by atoms with Crippen LogP contribution in [0.15, 0.2) is 24.4 Å². The summed E-state index contributed by atoms with van der Waals surface area (Å²) in [4.78, 5) is 3.33. The number of rotatable bonds is 0. The number of hydrogen-bond acceptors (Lipinski definition) is 2. The standard InChI is InChI=1S/C16H20N2O/c1-15(2)8-16(19)11-4-3-5-12-14(11)10(7-17-12)6-13(16)18-9-15/h3-5,7,13,17-19H,6,8-9H2,1-2H3/t13-,16+/m1/s1. The van der Waals surface area contributed by atoms with Crippen LogP contribution in [-0.4, -0.2) is 22.7 Å². The molecule has 1 saturated heterocycles. The van der Waals surface area contributed by atoms with Gasteiger partial charge in [-0.2, -0.15) is 0 Å². The predicted molar refractivity (Wildman–Crippen MR) is 76.1 cm³/mol. The Labute approximate surface area is 113 Å². The second kappa shape index (κ2) is 3.41. The summed E-state index contributed by atoms with van der Waals surface area (Å²) in [6.45, 7) is 5.41. The van der Waals surface area contributed by atoms with Gasteiger partial charge in [0.25, 0.3) is 0 Å². The highest BCUT2D eigenvalue weighted by atomic mass is 16.3. The molecule has 2 aromatic rings. The molecular weight excluding hydrogens is 236 g/mol. The molecule has 2 atom stereocenters. The van der Waals surface area contributed by atoms with Crippen molar-refractivity contribution in [3.8, 4) is 0 Å². The molecule has 3 nitrogen and oxygen atoms in total. The molecule has 0 bridgehead atoms. The van der Waals surface area contributed by atoms with Crippen LogP contribution in [-0.2, 0) is 12.0 Å². The zero-order valence-corrected chi connectivity index (χ0v) is 11.5. The number of H-pyrrole nitrogens is 1. The summed E-state index contributed by atoms with van der Waals surface area (Å²) in [5.74, 6) is 0. The van der Waals surface area contributed by atoms with Crippen molar-refractivity contribution in [3.05, 3.63) is 35.5 Å². The molecule has 1 fully saturated rings. The van der Waals surface area contributed by atoms with Gasteiger partial charge in [-0.05, 0) is 35.4 Å². The highest BCUT2D eigenvalue weighted by Crippen LogP contribution is 2.47. The first-order valence-corrected chi connectivity index (χ1v) is 7.05. The van der Waals surface area contributed by atoms with Gasteiger partial charge < -0.3 is 15.4 Å². The summed E-state index contributed by atoms with van der Waals surface area (Å²) >= 11 is 0. The normalized spacial score (nSPS) is 32.3. The van der Waals surface area contributed by atoms with Crippen LogP contribution in [0.1, 0.15) is 31.4 Å². The van der Waals surface area contributed by atoms with E-state index in [9.17, 15) is 5.11 Å². The molecule has 0 unspecified atom stereocenters. The first-order valence-electron chi connectivity index (χ1n) is 7.05. The maximum Gasteiger partial charge on any atom is 0.106 e. The van der Waals surface area contributed by atoms with Crippen molar-refractivity contribution in [2.75, 3.05) is 6.54 Å². The van der Waals surface area contributed by atoms with E-state index >= 15 is 0 Å². The van der Waals surface area contributed by atoms with Crippen LogP contribution in [0.4, 0.5) is 0 Å². The van der Waals surface area contributed by atoms with E-state index < -0.39 is 5.60 Å². The van der Waals surface area contributed by atoms with E-state index in [1.54, 1.807) is 0 Å². The summed E-state index contributed by atoms with van der Waals surface area (Å²) in [5.41, 5.74) is 2.95. The predicted octanol–water partition coefficient (Wildman–Crippen LogP) is 2.30. The first kappa shape index (κ1) is 11.5. The largest absolute Gasteiger partial charge is 0.383 e. The van der Waals surface area contributed by atoms with E-state index in [0.29, 0.717) is 0 Å². The average Bonchev–Trinajstić information content (AvgIpc) is 2.75. The molecule has 1 aliphatic carbocycles. The number of aliphatic hydroxyl groups is 1. The Kier molecular flexibility index (Phi) is 2.06. The molecule has 0 radical (unpaired) electrons. The van der Waals surface area contributed by atoms with Crippen molar-refractivity contribution in [1.82, 2.24) is 10.3 Å². The lowest BCUT2D eigenvalue weighted by molar-refractivity contribution is -0.0681. The minimum Gasteiger partial charge on any atom is -0.383 e. The quantitative estimate of drug-likeness (QED) is 0.677. The van der Waals surface area contributed by atoms with Crippen molar-refractivity contribution in [2.45, 2.75) is 38.3 Å². The molecule has 19 heavy (non-hydrogen) atoms. The van der Waals surface area contributed by atoms with Gasteiger partial charge in [0.15, 0.2) is 0 Å². The Morgan fingerprint density at radius 2 is 2.16 bits per heavy atom. The molecule has 2 aliphatic rings. The van der Waals surface area contributed by atoms with Crippen molar-refractivity contribution < 1.29 is 5.11 Å². The Morgan fingerprint density at radius 1 is 1.32 bits per heavy atom. The van der Waals surface area contributed by atoms with Gasteiger partial charge in [0.05, 0.1) is 0 Å². The summed E-state index contributed by atoms with van der Waals surface area (Å²) in [6, 6.07) is 6.36. The van der Waals surface area contributed by atoms with Gasteiger partial charge in [0.2, 0.25) is 0 Å². The molecular formula is C16H20N2O. The van der Waals surface area contributed by atoms with Gasteiger partial charge in [-0.1, -0.05) is 26.0 Å². The Morgan fingerprint density at radius 3 is 3.00 bits per heavy atom. The highest BCUT2D eigenvalue weighted by molar-refractivity contribution is 5.88. The number of nitrogens with one attached hydrogen (secondary N) is 2. The number of aromatic nitrogens is 1. The molecule has 2 heterocycles. The fourth-order valence-electron chi connectivity index (χ4n) is 4.00. The van der Waals surface area contributed by atoms with Gasteiger partial charge >= 0.3 is 0 Å². The number of benzene rings is 1. The fraction of sp³-hybridized carbons (Fsp3) is 0.500. The third-order valence-electron chi connectivity index (χ3n) is 4.83. The molecule has 1 aliphatic heterocycles. The lowest BCUT2D eigenvalue weighted by Crippen LogP contribution is -2.60. The highest BCUT2D eigenvalue weighted by Gasteiger charge is 2.49. The Balaban J connectivity index is 1.97. The van der Waals surface area contributed by atoms with Gasteiger partial charge in [0.1, 0.15) is 5.60 Å². The average molecular weight is 256 g/mol. The topological polar surface area (TPSA) is 48.0 Å². The zero-order valence-electron chi connectivity index (χ0n) is 11.5. The minimum absolute atomic E-state index is 0.126. The van der Waals surface area contributed by atoms with Gasteiger partial charge in [-0.15, -0.1) is 0 Å². The Bertz CT molecular complexity index is 658. The maximum atomic E-state index is 11.3. The number of aromatic amines is 1. The molecule has 3 heteroatoms. The summed E-state index contributed by atoms with van der Waals surface area (Å²) < 4.78 is 0. The summed E-state index contributed by atoms with van der Waals surface area (Å²) in [7, 11) is 0. The van der Waals surface area contributed by atoms with Gasteiger partial charge in [0, 0.05) is 29.7 Å². The number of fused-ring (bicyclic) bond motifs is 2. The van der Waals surface area contributed by atoms with E-state index in [4.69, 9.17) is 0 Å². The van der Waals surface area contributed by atoms with Gasteiger partial charge in [-0.25, -0.2) is 0 Å². The lowest BCUT2D eigenvalue weighted by Gasteiger charge is -2.50. The third kappa shape index (κ3) is 1.46. The zero-order chi connectivity index (χ0) is 13.3. The van der Waals surface area contributed by atoms with E-state index in [0.717, 1.165) is 30.5 Å². The van der Waals surface area contributed by atoms with Crippen molar-refractivity contribution in [2.24, 2.45) is 5.41 Å². The van der Waals surface area contributed by atoms with Crippen molar-refractivity contribution >= 4 is 10.9 Å². The monoisotopic (exact) mass is 256 g/mol. The SMILES string of the molecule is CC1(C)CN[C@@H]2Cc3c[nH]c4cccc(c34)[C@@]2(O)C1. The van der Waals surface area contributed by atoms with Crippen LogP contribution in [0.25, 0.3) is 10.9 Å². The van der Waals surface area contributed by atoms with E-state index in [2.05, 4.69) is 42.5 Å². The minimum atomic E-state index is -0.740. The summed E-state index contributed by atoms with van der Waals surface area (Å²) in [5, 5.41) is 16.1. The van der Waals surface area contributed by atoms with Crippen LogP contribution in [0.3, 0.4) is 0 Å². The Hall–Kier alpha value is -1.32. The molecule has 1 aromatic heterocycles. The molecule has 4 rings (SSSR count). The van der Waals surface area contributed by atoms with Gasteiger partial charge in [-0.3, -0.25) is 0 Å². The molecule has 3 N–H and O–H groups in total. The van der Waals surface area contributed by atoms with E-state index in [-0.39, 0.29) is 11.5 Å². The molecule has 0 spiro atoms. The molecule has 0 saturated carbocycles.